The van der Waals surface area contributed by atoms with E-state index < -0.39 is 18.6 Å². The summed E-state index contributed by atoms with van der Waals surface area (Å²) < 4.78 is 44.4. The lowest BCUT2D eigenvalue weighted by Gasteiger charge is -2.36. The van der Waals surface area contributed by atoms with Crippen molar-refractivity contribution in [1.29, 1.82) is 0 Å². The average molecular weight is 353 g/mol. The van der Waals surface area contributed by atoms with Crippen LogP contribution in [0.3, 0.4) is 0 Å². The highest BCUT2D eigenvalue weighted by Gasteiger charge is 2.36. The zero-order chi connectivity index (χ0) is 16.3. The van der Waals surface area contributed by atoms with E-state index in [1.165, 1.54) is 0 Å². The molecular weight excluding hydrogens is 329 g/mol. The molecule has 1 aliphatic heterocycles. The number of ether oxygens (including phenoxy) is 1. The fraction of sp³-hybridized carbons (Fsp3) is 0.625. The molecule has 0 unspecified atom stereocenters. The lowest BCUT2D eigenvalue weighted by molar-refractivity contribution is -0.148. The van der Waals surface area contributed by atoms with E-state index >= 15 is 0 Å². The molecule has 132 valence electrons. The summed E-state index contributed by atoms with van der Waals surface area (Å²) in [6.07, 6.45) is -5.00. The Balaban J connectivity index is 0.00000264. The maximum Gasteiger partial charge on any atom is 0.390 e. The molecule has 1 aromatic rings. The molecule has 1 saturated heterocycles. The van der Waals surface area contributed by atoms with Crippen molar-refractivity contribution in [3.05, 3.63) is 28.8 Å². The van der Waals surface area contributed by atoms with Crippen LogP contribution in [-0.4, -0.2) is 44.4 Å². The summed E-state index contributed by atoms with van der Waals surface area (Å²) in [6.45, 7) is 6.45. The van der Waals surface area contributed by atoms with E-state index in [-0.39, 0.29) is 12.4 Å². The zero-order valence-corrected chi connectivity index (χ0v) is 14.5. The second-order valence-electron chi connectivity index (χ2n) is 5.81. The number of rotatable bonds is 4. The van der Waals surface area contributed by atoms with Gasteiger partial charge in [-0.2, -0.15) is 13.2 Å². The number of benzene rings is 1. The first-order valence-corrected chi connectivity index (χ1v) is 7.48. The van der Waals surface area contributed by atoms with Crippen molar-refractivity contribution >= 4 is 12.4 Å². The summed E-state index contributed by atoms with van der Waals surface area (Å²) in [5.41, 5.74) is 2.47. The normalized spacial score (nSPS) is 17.5. The number of aryl methyl sites for hydroxylation is 2. The molecule has 0 spiro atoms. The van der Waals surface area contributed by atoms with E-state index in [1.54, 1.807) is 7.11 Å². The second kappa shape index (κ2) is 8.22. The van der Waals surface area contributed by atoms with Gasteiger partial charge in [-0.1, -0.05) is 12.1 Å². The molecule has 23 heavy (non-hydrogen) atoms. The summed E-state index contributed by atoms with van der Waals surface area (Å²) >= 11 is 0. The predicted molar refractivity (Wildman–Crippen MR) is 87.6 cm³/mol. The van der Waals surface area contributed by atoms with Crippen LogP contribution in [0.1, 0.15) is 29.2 Å². The largest absolute Gasteiger partial charge is 0.496 e. The third kappa shape index (κ3) is 5.26. The Hall–Kier alpha value is -0.980. The Morgan fingerprint density at radius 1 is 1.17 bits per heavy atom. The molecule has 0 amide bonds. The van der Waals surface area contributed by atoms with E-state index in [4.69, 9.17) is 4.74 Å². The Kier molecular flexibility index (Phi) is 7.17. The van der Waals surface area contributed by atoms with Crippen LogP contribution in [0.5, 0.6) is 5.75 Å². The first-order chi connectivity index (χ1) is 10.3. The fourth-order valence-electron chi connectivity index (χ4n) is 3.17. The third-order valence-corrected chi connectivity index (χ3v) is 4.09. The number of hydrogen-bond acceptors (Lipinski definition) is 3. The molecule has 0 aliphatic carbocycles. The van der Waals surface area contributed by atoms with Gasteiger partial charge in [-0.05, 0) is 30.5 Å². The molecule has 2 rings (SSSR count). The minimum absolute atomic E-state index is 0. The number of halogens is 4. The molecule has 1 N–H and O–H groups in total. The van der Waals surface area contributed by atoms with Crippen molar-refractivity contribution in [1.82, 2.24) is 10.2 Å². The zero-order valence-electron chi connectivity index (χ0n) is 13.7. The van der Waals surface area contributed by atoms with E-state index in [2.05, 4.69) is 5.32 Å². The topological polar surface area (TPSA) is 24.5 Å². The Labute approximate surface area is 141 Å². The van der Waals surface area contributed by atoms with Crippen LogP contribution in [-0.2, 0) is 0 Å². The van der Waals surface area contributed by atoms with Gasteiger partial charge in [0.1, 0.15) is 5.75 Å². The smallest absolute Gasteiger partial charge is 0.390 e. The van der Waals surface area contributed by atoms with Crippen LogP contribution in [0, 0.1) is 13.8 Å². The Morgan fingerprint density at radius 2 is 1.70 bits per heavy atom. The lowest BCUT2D eigenvalue weighted by atomic mass is 9.96. The van der Waals surface area contributed by atoms with Gasteiger partial charge in [-0.15, -0.1) is 12.4 Å². The van der Waals surface area contributed by atoms with Gasteiger partial charge >= 0.3 is 6.18 Å². The number of nitrogens with one attached hydrogen (secondary N) is 1. The third-order valence-electron chi connectivity index (χ3n) is 4.09. The summed E-state index contributed by atoms with van der Waals surface area (Å²) in [6, 6.07) is 3.01. The molecule has 0 bridgehead atoms. The quantitative estimate of drug-likeness (QED) is 0.895. The van der Waals surface area contributed by atoms with Crippen LogP contribution in [0.25, 0.3) is 0 Å². The fourth-order valence-corrected chi connectivity index (χ4v) is 3.17. The molecule has 0 aromatic heterocycles. The van der Waals surface area contributed by atoms with Crippen molar-refractivity contribution in [2.24, 2.45) is 0 Å². The highest BCUT2D eigenvalue weighted by atomic mass is 35.5. The van der Waals surface area contributed by atoms with Gasteiger partial charge in [0.05, 0.1) is 13.5 Å². The van der Waals surface area contributed by atoms with E-state index in [9.17, 15) is 13.2 Å². The molecule has 1 fully saturated rings. The number of hydrogen-bond donors (Lipinski definition) is 1. The van der Waals surface area contributed by atoms with Crippen LogP contribution in [0.2, 0.25) is 0 Å². The molecular formula is C16H24ClF3N2O. The standard InChI is InChI=1S/C16H23F3N2O.ClH/c1-11-8-13(9-12(2)15(11)22-3)14(10-16(17,18)19)21-6-4-20-5-7-21;/h8-9,14,20H,4-7,10H2,1-3H3;1H/t14-;/m1./s1. The highest BCUT2D eigenvalue weighted by molar-refractivity contribution is 5.85. The van der Waals surface area contributed by atoms with Crippen molar-refractivity contribution in [2.45, 2.75) is 32.5 Å². The van der Waals surface area contributed by atoms with Crippen LogP contribution >= 0.6 is 12.4 Å². The second-order valence-corrected chi connectivity index (χ2v) is 5.81. The van der Waals surface area contributed by atoms with Gasteiger partial charge in [-0.3, -0.25) is 4.90 Å². The predicted octanol–water partition coefficient (Wildman–Crippen LogP) is 3.63. The Morgan fingerprint density at radius 3 is 2.13 bits per heavy atom. The monoisotopic (exact) mass is 352 g/mol. The van der Waals surface area contributed by atoms with E-state index in [0.717, 1.165) is 35.5 Å². The van der Waals surface area contributed by atoms with Crippen LogP contribution < -0.4 is 10.1 Å². The van der Waals surface area contributed by atoms with Gasteiger partial charge in [0.15, 0.2) is 0 Å². The molecule has 7 heteroatoms. The molecule has 0 saturated carbocycles. The summed E-state index contributed by atoms with van der Waals surface area (Å²) in [5, 5.41) is 3.18. The first kappa shape index (κ1) is 20.1. The Bertz CT molecular complexity index is 494. The van der Waals surface area contributed by atoms with E-state index in [1.807, 2.05) is 30.9 Å². The number of alkyl halides is 3. The molecule has 1 aliphatic rings. The number of piperazine rings is 1. The number of methoxy groups -OCH3 is 1. The maximum absolute atomic E-state index is 13.0. The summed E-state index contributed by atoms with van der Waals surface area (Å²) in [4.78, 5) is 1.92. The molecule has 0 radical (unpaired) electrons. The average Bonchev–Trinajstić information content (AvgIpc) is 2.44. The van der Waals surface area contributed by atoms with Gasteiger partial charge in [0.2, 0.25) is 0 Å². The molecule has 1 aromatic carbocycles. The van der Waals surface area contributed by atoms with Crippen molar-refractivity contribution < 1.29 is 17.9 Å². The van der Waals surface area contributed by atoms with Crippen molar-refractivity contribution in [3.8, 4) is 5.75 Å². The minimum Gasteiger partial charge on any atom is -0.496 e. The van der Waals surface area contributed by atoms with Crippen molar-refractivity contribution in [2.75, 3.05) is 33.3 Å². The van der Waals surface area contributed by atoms with Gasteiger partial charge in [0, 0.05) is 32.2 Å². The van der Waals surface area contributed by atoms with Gasteiger partial charge in [0.25, 0.3) is 0 Å². The van der Waals surface area contributed by atoms with Gasteiger partial charge in [-0.25, -0.2) is 0 Å². The minimum atomic E-state index is -4.18. The highest BCUT2D eigenvalue weighted by Crippen LogP contribution is 2.36. The summed E-state index contributed by atoms with van der Waals surface area (Å²) in [7, 11) is 1.58. The lowest BCUT2D eigenvalue weighted by Crippen LogP contribution is -2.46. The van der Waals surface area contributed by atoms with Crippen LogP contribution in [0.15, 0.2) is 12.1 Å². The molecule has 1 atom stereocenters. The SMILES string of the molecule is COc1c(C)cc([C@@H](CC(F)(F)F)N2CCNCC2)cc1C.Cl. The molecule has 3 nitrogen and oxygen atoms in total. The first-order valence-electron chi connectivity index (χ1n) is 7.48. The van der Waals surface area contributed by atoms with Gasteiger partial charge < -0.3 is 10.1 Å². The van der Waals surface area contributed by atoms with Crippen LogP contribution in [0.4, 0.5) is 13.2 Å². The number of nitrogens with zero attached hydrogens (tertiary/aromatic N) is 1. The molecule has 1 heterocycles. The maximum atomic E-state index is 13.0. The summed E-state index contributed by atoms with van der Waals surface area (Å²) in [5.74, 6) is 0.745. The van der Waals surface area contributed by atoms with Crippen molar-refractivity contribution in [3.63, 3.8) is 0 Å². The van der Waals surface area contributed by atoms with E-state index in [0.29, 0.717) is 13.1 Å².